The summed E-state index contributed by atoms with van der Waals surface area (Å²) in [4.78, 5) is 11.3. The van der Waals surface area contributed by atoms with E-state index in [9.17, 15) is 4.79 Å². The van der Waals surface area contributed by atoms with Crippen molar-refractivity contribution in [2.24, 2.45) is 5.92 Å². The maximum atomic E-state index is 11.3. The van der Waals surface area contributed by atoms with E-state index in [2.05, 4.69) is 15.5 Å². The van der Waals surface area contributed by atoms with Crippen molar-refractivity contribution in [2.75, 3.05) is 5.32 Å². The van der Waals surface area contributed by atoms with E-state index in [-0.39, 0.29) is 17.8 Å². The Labute approximate surface area is 76.5 Å². The van der Waals surface area contributed by atoms with Crippen LogP contribution in [0.15, 0.2) is 4.42 Å². The van der Waals surface area contributed by atoms with Gasteiger partial charge in [-0.25, -0.2) is 0 Å². The second kappa shape index (κ2) is 4.02. The minimum atomic E-state index is -0.0915. The summed E-state index contributed by atoms with van der Waals surface area (Å²) in [5, 5.41) is 9.78. The van der Waals surface area contributed by atoms with Crippen LogP contribution in [0.1, 0.15) is 26.2 Å². The molecule has 0 bridgehead atoms. The van der Waals surface area contributed by atoms with Crippen LogP contribution in [0, 0.1) is 12.8 Å². The van der Waals surface area contributed by atoms with Crippen molar-refractivity contribution >= 4 is 11.9 Å². The Balaban J connectivity index is 2.54. The molecule has 0 radical (unpaired) electrons. The third-order valence-corrected chi connectivity index (χ3v) is 1.82. The predicted molar refractivity (Wildman–Crippen MR) is 47.1 cm³/mol. The molecule has 0 aliphatic rings. The van der Waals surface area contributed by atoms with Crippen LogP contribution >= 0.6 is 0 Å². The van der Waals surface area contributed by atoms with Gasteiger partial charge in [0, 0.05) is 12.8 Å². The zero-order chi connectivity index (χ0) is 9.84. The predicted octanol–water partition coefficient (Wildman–Crippen LogP) is 1.36. The summed E-state index contributed by atoms with van der Waals surface area (Å²) in [5.74, 6) is 0.317. The van der Waals surface area contributed by atoms with Crippen LogP contribution in [0.4, 0.5) is 6.01 Å². The highest BCUT2D eigenvalue weighted by molar-refractivity contribution is 5.90. The number of hydrogen-bond donors (Lipinski definition) is 1. The molecular formula is C8H13N3O2. The van der Waals surface area contributed by atoms with E-state index in [1.54, 1.807) is 6.92 Å². The monoisotopic (exact) mass is 183 g/mol. The molecular weight excluding hydrogens is 170 g/mol. The second-order valence-corrected chi connectivity index (χ2v) is 2.92. The normalized spacial score (nSPS) is 12.5. The van der Waals surface area contributed by atoms with Crippen molar-refractivity contribution in [3.63, 3.8) is 0 Å². The summed E-state index contributed by atoms with van der Waals surface area (Å²) < 4.78 is 4.99. The molecule has 0 aliphatic heterocycles. The molecule has 72 valence electrons. The lowest BCUT2D eigenvalue weighted by Crippen LogP contribution is -2.19. The molecule has 1 aromatic heterocycles. The number of carbonyl (C=O) groups excluding carboxylic acids is 1. The summed E-state index contributed by atoms with van der Waals surface area (Å²) in [5.41, 5.74) is 0. The Morgan fingerprint density at radius 3 is 2.77 bits per heavy atom. The molecule has 1 aromatic rings. The van der Waals surface area contributed by atoms with Gasteiger partial charge in [0.1, 0.15) is 0 Å². The fraction of sp³-hybridized carbons (Fsp3) is 0.625. The average Bonchev–Trinajstić information content (AvgIpc) is 2.49. The highest BCUT2D eigenvalue weighted by Gasteiger charge is 2.13. The molecule has 0 fully saturated rings. The number of amides is 1. The summed E-state index contributed by atoms with van der Waals surface area (Å²) in [6.45, 7) is 5.47. The first-order chi connectivity index (χ1) is 6.13. The van der Waals surface area contributed by atoms with Gasteiger partial charge < -0.3 is 4.42 Å². The van der Waals surface area contributed by atoms with Crippen molar-refractivity contribution < 1.29 is 9.21 Å². The molecule has 0 saturated heterocycles. The average molecular weight is 183 g/mol. The third-order valence-electron chi connectivity index (χ3n) is 1.82. The largest absolute Gasteiger partial charge is 0.408 e. The Kier molecular flexibility index (Phi) is 3.00. The van der Waals surface area contributed by atoms with E-state index < -0.39 is 0 Å². The first-order valence-corrected chi connectivity index (χ1v) is 4.24. The standard InChI is InChI=1S/C8H13N3O2/c1-4-5(2)7(12)9-8-11-10-6(3)13-8/h5H,4H2,1-3H3,(H,9,11,12). The Hall–Kier alpha value is -1.39. The van der Waals surface area contributed by atoms with Crippen molar-refractivity contribution in [3.8, 4) is 0 Å². The minimum absolute atomic E-state index is 0.0350. The number of carbonyl (C=O) groups is 1. The van der Waals surface area contributed by atoms with Gasteiger partial charge in [-0.05, 0) is 6.42 Å². The van der Waals surface area contributed by atoms with Gasteiger partial charge in [-0.15, -0.1) is 5.10 Å². The quantitative estimate of drug-likeness (QED) is 0.768. The topological polar surface area (TPSA) is 68.0 Å². The second-order valence-electron chi connectivity index (χ2n) is 2.92. The lowest BCUT2D eigenvalue weighted by Gasteiger charge is -2.05. The van der Waals surface area contributed by atoms with Crippen LogP contribution in [-0.4, -0.2) is 16.1 Å². The van der Waals surface area contributed by atoms with Crippen LogP contribution in [0.2, 0.25) is 0 Å². The van der Waals surface area contributed by atoms with Crippen LogP contribution < -0.4 is 5.32 Å². The number of aryl methyl sites for hydroxylation is 1. The number of rotatable bonds is 3. The molecule has 1 unspecified atom stereocenters. The van der Waals surface area contributed by atoms with Gasteiger partial charge >= 0.3 is 6.01 Å². The zero-order valence-corrected chi connectivity index (χ0v) is 8.00. The highest BCUT2D eigenvalue weighted by Crippen LogP contribution is 2.07. The van der Waals surface area contributed by atoms with Gasteiger partial charge in [-0.3, -0.25) is 10.1 Å². The fourth-order valence-electron chi connectivity index (χ4n) is 0.761. The van der Waals surface area contributed by atoms with Gasteiger partial charge in [0.2, 0.25) is 11.8 Å². The minimum Gasteiger partial charge on any atom is -0.408 e. The number of hydrogen-bond acceptors (Lipinski definition) is 4. The lowest BCUT2D eigenvalue weighted by atomic mass is 10.1. The molecule has 13 heavy (non-hydrogen) atoms. The number of nitrogens with one attached hydrogen (secondary N) is 1. The van der Waals surface area contributed by atoms with Crippen LogP contribution in [0.25, 0.3) is 0 Å². The van der Waals surface area contributed by atoms with Crippen LogP contribution in [0.5, 0.6) is 0 Å². The van der Waals surface area contributed by atoms with Gasteiger partial charge in [0.05, 0.1) is 0 Å². The van der Waals surface area contributed by atoms with E-state index in [1.165, 1.54) is 0 Å². The van der Waals surface area contributed by atoms with E-state index in [4.69, 9.17) is 4.42 Å². The van der Waals surface area contributed by atoms with E-state index >= 15 is 0 Å². The summed E-state index contributed by atoms with van der Waals surface area (Å²) >= 11 is 0. The van der Waals surface area contributed by atoms with Crippen molar-refractivity contribution in [3.05, 3.63) is 5.89 Å². The fourth-order valence-corrected chi connectivity index (χ4v) is 0.761. The number of anilines is 1. The molecule has 5 heteroatoms. The molecule has 0 aromatic carbocycles. The van der Waals surface area contributed by atoms with Crippen molar-refractivity contribution in [1.29, 1.82) is 0 Å². The number of nitrogens with zero attached hydrogens (tertiary/aromatic N) is 2. The summed E-state index contributed by atoms with van der Waals surface area (Å²) in [7, 11) is 0. The molecule has 1 atom stereocenters. The molecule has 1 N–H and O–H groups in total. The molecule has 1 amide bonds. The zero-order valence-electron chi connectivity index (χ0n) is 8.00. The SMILES string of the molecule is CCC(C)C(=O)Nc1nnc(C)o1. The van der Waals surface area contributed by atoms with E-state index in [1.807, 2.05) is 13.8 Å². The first-order valence-electron chi connectivity index (χ1n) is 4.24. The van der Waals surface area contributed by atoms with Gasteiger partial charge in [0.25, 0.3) is 0 Å². The van der Waals surface area contributed by atoms with Crippen LogP contribution in [-0.2, 0) is 4.79 Å². The van der Waals surface area contributed by atoms with E-state index in [0.717, 1.165) is 6.42 Å². The lowest BCUT2D eigenvalue weighted by molar-refractivity contribution is -0.119. The first kappa shape index (κ1) is 9.70. The maximum absolute atomic E-state index is 11.3. The van der Waals surface area contributed by atoms with Gasteiger partial charge in [-0.2, -0.15) is 0 Å². The van der Waals surface area contributed by atoms with Crippen LogP contribution in [0.3, 0.4) is 0 Å². The third kappa shape index (κ3) is 2.54. The molecule has 1 rings (SSSR count). The number of aromatic nitrogens is 2. The Morgan fingerprint density at radius 2 is 2.31 bits per heavy atom. The maximum Gasteiger partial charge on any atom is 0.322 e. The molecule has 0 aliphatic carbocycles. The summed E-state index contributed by atoms with van der Waals surface area (Å²) in [6, 6.07) is 0.169. The Morgan fingerprint density at radius 1 is 1.62 bits per heavy atom. The molecule has 0 spiro atoms. The summed E-state index contributed by atoms with van der Waals surface area (Å²) in [6.07, 6.45) is 0.791. The van der Waals surface area contributed by atoms with Crippen molar-refractivity contribution in [1.82, 2.24) is 10.2 Å². The van der Waals surface area contributed by atoms with Gasteiger partial charge in [-0.1, -0.05) is 18.9 Å². The van der Waals surface area contributed by atoms with Crippen molar-refractivity contribution in [2.45, 2.75) is 27.2 Å². The Bertz CT molecular complexity index is 295. The molecule has 1 heterocycles. The highest BCUT2D eigenvalue weighted by atomic mass is 16.4. The molecule has 0 saturated carbocycles. The molecule has 5 nitrogen and oxygen atoms in total. The smallest absolute Gasteiger partial charge is 0.322 e. The van der Waals surface area contributed by atoms with Gasteiger partial charge in [0.15, 0.2) is 0 Å². The van der Waals surface area contributed by atoms with E-state index in [0.29, 0.717) is 5.89 Å².